The van der Waals surface area contributed by atoms with Gasteiger partial charge in [-0.3, -0.25) is 0 Å². The van der Waals surface area contributed by atoms with E-state index in [0.29, 0.717) is 0 Å². The minimum absolute atomic E-state index is 0.484. The fourth-order valence-corrected chi connectivity index (χ4v) is 13.7. The Morgan fingerprint density at radius 1 is 0.235 bits per heavy atom. The summed E-state index contributed by atoms with van der Waals surface area (Å²) in [5, 5.41) is 7.54. The van der Waals surface area contributed by atoms with E-state index in [1.807, 2.05) is 0 Å². The van der Waals surface area contributed by atoms with Gasteiger partial charge in [-0.1, -0.05) is 188 Å². The van der Waals surface area contributed by atoms with E-state index in [1.54, 1.807) is 0 Å². The van der Waals surface area contributed by atoms with Gasteiger partial charge in [0.2, 0.25) is 0 Å². The van der Waals surface area contributed by atoms with E-state index in [4.69, 9.17) is 0 Å². The predicted molar refractivity (Wildman–Crippen MR) is 281 cm³/mol. The van der Waals surface area contributed by atoms with E-state index in [2.05, 4.69) is 252 Å². The van der Waals surface area contributed by atoms with Gasteiger partial charge in [-0.2, -0.15) is 0 Å². The Bertz CT molecular complexity index is 4240. The minimum atomic E-state index is -0.581. The van der Waals surface area contributed by atoms with E-state index in [1.165, 1.54) is 121 Å². The lowest BCUT2D eigenvalue weighted by molar-refractivity contribution is 0.633. The third kappa shape index (κ3) is 4.26. The number of hydrogen-bond acceptors (Lipinski definition) is 0. The summed E-state index contributed by atoms with van der Waals surface area (Å²) in [7, 11) is 0. The van der Waals surface area contributed by atoms with Crippen molar-refractivity contribution in [2.24, 2.45) is 0 Å². The molecule has 2 heteroatoms. The highest BCUT2D eigenvalue weighted by atomic mass is 15.0. The molecule has 16 rings (SSSR count). The number of fused-ring (bicyclic) bond motifs is 24. The maximum atomic E-state index is 2.61. The largest absolute Gasteiger partial charge is 0.309 e. The summed E-state index contributed by atoms with van der Waals surface area (Å²) in [4.78, 5) is 0. The SMILES string of the molecule is c1ccc(-n2c3ccccc3c3cc(-n4c5cc6c(cc5c5c7ccccc7ccc54)C4(c5ccccc5-6)c5ccccc5C5(c6ccccc6-c6ccccc65)c5ccccc54)ccc32)cc1. The van der Waals surface area contributed by atoms with Crippen molar-refractivity contribution < 1.29 is 0 Å². The van der Waals surface area contributed by atoms with Gasteiger partial charge in [0, 0.05) is 32.9 Å². The summed E-state index contributed by atoms with van der Waals surface area (Å²) in [5.41, 5.74) is 22.1. The average Bonchev–Trinajstić information content (AvgIpc) is 4.10. The molecule has 0 fully saturated rings. The molecule has 2 heterocycles. The smallest absolute Gasteiger partial charge is 0.0720 e. The fourth-order valence-electron chi connectivity index (χ4n) is 13.7. The molecule has 0 N–H and O–H groups in total. The maximum absolute atomic E-state index is 2.61. The highest BCUT2D eigenvalue weighted by Crippen LogP contribution is 2.67. The van der Waals surface area contributed by atoms with Crippen LogP contribution in [0.1, 0.15) is 44.5 Å². The molecule has 2 nitrogen and oxygen atoms in total. The van der Waals surface area contributed by atoms with Gasteiger partial charge in [0.15, 0.2) is 0 Å². The molecule has 11 aromatic carbocycles. The number of rotatable bonds is 2. The second-order valence-electron chi connectivity index (χ2n) is 19.0. The molecule has 0 bridgehead atoms. The van der Waals surface area contributed by atoms with Crippen LogP contribution in [0.5, 0.6) is 0 Å². The molecule has 3 aliphatic rings. The van der Waals surface area contributed by atoms with Crippen molar-refractivity contribution in [1.29, 1.82) is 0 Å². The van der Waals surface area contributed by atoms with Crippen LogP contribution < -0.4 is 0 Å². The Morgan fingerprint density at radius 2 is 0.706 bits per heavy atom. The van der Waals surface area contributed by atoms with E-state index >= 15 is 0 Å². The van der Waals surface area contributed by atoms with Crippen molar-refractivity contribution in [3.05, 3.63) is 287 Å². The first-order chi connectivity index (χ1) is 33.8. The van der Waals surface area contributed by atoms with Crippen molar-refractivity contribution in [1.82, 2.24) is 9.13 Å². The molecule has 0 amide bonds. The zero-order valence-corrected chi connectivity index (χ0v) is 37.0. The first-order valence-electron chi connectivity index (χ1n) is 23.8. The molecule has 0 saturated heterocycles. The topological polar surface area (TPSA) is 9.86 Å². The number of benzene rings is 11. The Balaban J connectivity index is 1.04. The highest BCUT2D eigenvalue weighted by molar-refractivity contribution is 6.23. The predicted octanol–water partition coefficient (Wildman–Crippen LogP) is 16.1. The van der Waals surface area contributed by atoms with Gasteiger partial charge in [-0.15, -0.1) is 0 Å². The van der Waals surface area contributed by atoms with Crippen LogP contribution in [0.4, 0.5) is 0 Å². The lowest BCUT2D eigenvalue weighted by Crippen LogP contribution is -2.43. The van der Waals surface area contributed by atoms with Gasteiger partial charge in [0.05, 0.1) is 32.9 Å². The maximum Gasteiger partial charge on any atom is 0.0720 e. The molecule has 314 valence electrons. The monoisotopic (exact) mass is 860 g/mol. The van der Waals surface area contributed by atoms with Crippen molar-refractivity contribution in [2.75, 3.05) is 0 Å². The number of para-hydroxylation sites is 2. The lowest BCUT2D eigenvalue weighted by atomic mass is 9.52. The van der Waals surface area contributed by atoms with Crippen LogP contribution in [0.15, 0.2) is 243 Å². The van der Waals surface area contributed by atoms with Crippen LogP contribution in [0, 0.1) is 0 Å². The van der Waals surface area contributed by atoms with Gasteiger partial charge in [-0.05, 0) is 132 Å². The van der Waals surface area contributed by atoms with Gasteiger partial charge in [0.1, 0.15) is 0 Å². The number of nitrogens with zero attached hydrogens (tertiary/aromatic N) is 2. The van der Waals surface area contributed by atoms with Crippen LogP contribution in [0.3, 0.4) is 0 Å². The molecule has 0 atom stereocenters. The van der Waals surface area contributed by atoms with Gasteiger partial charge in [-0.25, -0.2) is 0 Å². The minimum Gasteiger partial charge on any atom is -0.309 e. The van der Waals surface area contributed by atoms with Gasteiger partial charge >= 0.3 is 0 Å². The third-order valence-corrected chi connectivity index (χ3v) is 16.2. The Hall–Kier alpha value is -8.72. The zero-order valence-electron chi connectivity index (χ0n) is 37.0. The molecule has 68 heavy (non-hydrogen) atoms. The first-order valence-corrected chi connectivity index (χ1v) is 23.8. The summed E-state index contributed by atoms with van der Waals surface area (Å²) in [6.45, 7) is 0. The van der Waals surface area contributed by atoms with Crippen molar-refractivity contribution in [2.45, 2.75) is 10.8 Å². The molecule has 0 unspecified atom stereocenters. The van der Waals surface area contributed by atoms with Crippen LogP contribution in [-0.2, 0) is 10.8 Å². The summed E-state index contributed by atoms with van der Waals surface area (Å²) < 4.78 is 4.95. The first kappa shape index (κ1) is 36.5. The normalized spacial score (nSPS) is 14.4. The summed E-state index contributed by atoms with van der Waals surface area (Å²) in [6, 6.07) is 91.9. The molecular weight excluding hydrogens is 821 g/mol. The molecule has 2 spiro atoms. The summed E-state index contributed by atoms with van der Waals surface area (Å²) >= 11 is 0. The molecule has 2 aromatic heterocycles. The molecular formula is C66H40N2. The number of hydrogen-bond donors (Lipinski definition) is 0. The van der Waals surface area contributed by atoms with Crippen LogP contribution in [-0.4, -0.2) is 9.13 Å². The van der Waals surface area contributed by atoms with Crippen LogP contribution in [0.25, 0.3) is 88.0 Å². The molecule has 0 saturated carbocycles. The van der Waals surface area contributed by atoms with Crippen LogP contribution >= 0.6 is 0 Å². The zero-order chi connectivity index (χ0) is 44.3. The second kappa shape index (κ2) is 13.0. The quantitative estimate of drug-likeness (QED) is 0.164. The van der Waals surface area contributed by atoms with Crippen molar-refractivity contribution >= 4 is 54.4 Å². The Kier molecular flexibility index (Phi) is 6.98. The highest BCUT2D eigenvalue weighted by Gasteiger charge is 2.59. The average molecular weight is 861 g/mol. The summed E-state index contributed by atoms with van der Waals surface area (Å²) in [5.74, 6) is 0. The molecule has 0 radical (unpaired) electrons. The van der Waals surface area contributed by atoms with E-state index in [0.717, 1.165) is 11.4 Å². The van der Waals surface area contributed by atoms with E-state index in [9.17, 15) is 0 Å². The lowest BCUT2D eigenvalue weighted by Gasteiger charge is -2.48. The van der Waals surface area contributed by atoms with Crippen molar-refractivity contribution in [3.63, 3.8) is 0 Å². The molecule has 3 aliphatic carbocycles. The van der Waals surface area contributed by atoms with Gasteiger partial charge < -0.3 is 9.13 Å². The van der Waals surface area contributed by atoms with Crippen LogP contribution in [0.2, 0.25) is 0 Å². The van der Waals surface area contributed by atoms with Gasteiger partial charge in [0.25, 0.3) is 0 Å². The van der Waals surface area contributed by atoms with E-state index < -0.39 is 10.8 Å². The number of aromatic nitrogens is 2. The summed E-state index contributed by atoms with van der Waals surface area (Å²) in [6.07, 6.45) is 0. The van der Waals surface area contributed by atoms with Crippen molar-refractivity contribution in [3.8, 4) is 33.6 Å². The fraction of sp³-hybridized carbons (Fsp3) is 0.0303. The van der Waals surface area contributed by atoms with E-state index in [-0.39, 0.29) is 0 Å². The third-order valence-electron chi connectivity index (χ3n) is 16.2. The Morgan fingerprint density at radius 3 is 1.35 bits per heavy atom. The standard InChI is InChI=1S/C66H40N2/c1-2-19-42(20-3-1)67-60-33-17-9-25-48(60)50-38-43(35-37-61(50)67)68-62-36-34-41-18-4-5-21-44(41)64(62)51-39-59-49(40-63(51)68)47-24-8-12-28-54(47)66(59)57-31-15-13-29-55(57)65(56-30-14-16-32-58(56)66)52-26-10-6-22-45(52)46-23-7-11-27-53(46)65/h1-40H. The second-order valence-corrected chi connectivity index (χ2v) is 19.0. The molecule has 0 aliphatic heterocycles. The Labute approximate surface area is 393 Å². The molecule has 13 aromatic rings.